The summed E-state index contributed by atoms with van der Waals surface area (Å²) in [6, 6.07) is 8.71. The number of carbonyl (C=O) groups is 1. The van der Waals surface area contributed by atoms with Gasteiger partial charge in [-0.05, 0) is 43.7 Å². The summed E-state index contributed by atoms with van der Waals surface area (Å²) < 4.78 is 17.2. The quantitative estimate of drug-likeness (QED) is 0.602. The summed E-state index contributed by atoms with van der Waals surface area (Å²) in [6.45, 7) is 8.45. The van der Waals surface area contributed by atoms with Crippen LogP contribution in [0.15, 0.2) is 30.3 Å². The lowest BCUT2D eigenvalue weighted by Gasteiger charge is -2.32. The van der Waals surface area contributed by atoms with Gasteiger partial charge in [-0.2, -0.15) is 0 Å². The number of hydrogen-bond acceptors (Lipinski definition) is 5. The van der Waals surface area contributed by atoms with E-state index in [1.807, 2.05) is 39.8 Å². The summed E-state index contributed by atoms with van der Waals surface area (Å²) in [6.07, 6.45) is -0.231. The number of halogens is 1. The van der Waals surface area contributed by atoms with E-state index in [-0.39, 0.29) is 24.2 Å². The number of ketones is 1. The van der Waals surface area contributed by atoms with Crippen molar-refractivity contribution in [2.75, 3.05) is 13.2 Å². The second-order valence-electron chi connectivity index (χ2n) is 9.15. The fraction of sp³-hybridized carbons (Fsp3) is 0.375. The number of aromatic nitrogens is 1. The SMILES string of the molecule is CC1(C)OCC(COc2cc3c(cc2O)C(=O)c2c([nH]c4cc(Cl)ccc24)C3(C)C)O1. The molecule has 31 heavy (non-hydrogen) atoms. The number of rotatable bonds is 3. The van der Waals surface area contributed by atoms with Crippen LogP contribution in [0.2, 0.25) is 5.02 Å². The zero-order chi connectivity index (χ0) is 22.1. The van der Waals surface area contributed by atoms with E-state index >= 15 is 0 Å². The van der Waals surface area contributed by atoms with Gasteiger partial charge in [0.05, 0.1) is 12.2 Å². The van der Waals surface area contributed by atoms with Crippen molar-refractivity contribution < 1.29 is 24.1 Å². The van der Waals surface area contributed by atoms with E-state index in [1.165, 1.54) is 6.07 Å². The van der Waals surface area contributed by atoms with Gasteiger partial charge in [-0.1, -0.05) is 31.5 Å². The summed E-state index contributed by atoms with van der Waals surface area (Å²) in [5, 5.41) is 12.0. The van der Waals surface area contributed by atoms with Crippen LogP contribution in [0.25, 0.3) is 10.9 Å². The van der Waals surface area contributed by atoms with E-state index in [2.05, 4.69) is 4.98 Å². The first-order valence-electron chi connectivity index (χ1n) is 10.3. The zero-order valence-electron chi connectivity index (χ0n) is 17.8. The second-order valence-corrected chi connectivity index (χ2v) is 9.58. The molecule has 3 aromatic rings. The Morgan fingerprint density at radius 3 is 2.71 bits per heavy atom. The van der Waals surface area contributed by atoms with Crippen LogP contribution in [0.5, 0.6) is 11.5 Å². The third-order valence-electron chi connectivity index (χ3n) is 6.12. The molecular formula is C24H24ClNO5. The van der Waals surface area contributed by atoms with Crippen LogP contribution in [-0.2, 0) is 14.9 Å². The molecule has 2 aliphatic rings. The fourth-order valence-electron chi connectivity index (χ4n) is 4.56. The molecular weight excluding hydrogens is 418 g/mol. The summed E-state index contributed by atoms with van der Waals surface area (Å²) in [7, 11) is 0. The Morgan fingerprint density at radius 2 is 2.00 bits per heavy atom. The summed E-state index contributed by atoms with van der Waals surface area (Å²) in [4.78, 5) is 16.8. The third kappa shape index (κ3) is 3.21. The van der Waals surface area contributed by atoms with Crippen LogP contribution in [-0.4, -0.2) is 41.0 Å². The van der Waals surface area contributed by atoms with Crippen LogP contribution in [0.3, 0.4) is 0 Å². The first kappa shape index (κ1) is 20.4. The van der Waals surface area contributed by atoms with Crippen molar-refractivity contribution in [2.24, 2.45) is 0 Å². The lowest BCUT2D eigenvalue weighted by atomic mass is 9.71. The molecule has 1 fully saturated rings. The molecule has 162 valence electrons. The number of benzene rings is 2. The number of phenolic OH excluding ortho intramolecular Hbond substituents is 1. The molecule has 6 nitrogen and oxygen atoms in total. The number of phenols is 1. The molecule has 5 rings (SSSR count). The summed E-state index contributed by atoms with van der Waals surface area (Å²) in [5.41, 5.74) is 3.02. The van der Waals surface area contributed by atoms with Crippen molar-refractivity contribution in [3.05, 3.63) is 57.7 Å². The third-order valence-corrected chi connectivity index (χ3v) is 6.36. The number of hydrogen-bond donors (Lipinski definition) is 2. The van der Waals surface area contributed by atoms with Gasteiger partial charge < -0.3 is 24.3 Å². The largest absolute Gasteiger partial charge is 0.504 e. The van der Waals surface area contributed by atoms with Crippen molar-refractivity contribution in [3.63, 3.8) is 0 Å². The van der Waals surface area contributed by atoms with Crippen molar-refractivity contribution in [3.8, 4) is 11.5 Å². The van der Waals surface area contributed by atoms with E-state index in [0.717, 1.165) is 22.2 Å². The number of fused-ring (bicyclic) bond motifs is 4. The summed E-state index contributed by atoms with van der Waals surface area (Å²) >= 11 is 6.15. The molecule has 7 heteroatoms. The Morgan fingerprint density at radius 1 is 1.23 bits per heavy atom. The van der Waals surface area contributed by atoms with Gasteiger partial charge >= 0.3 is 0 Å². The maximum Gasteiger partial charge on any atom is 0.195 e. The number of aromatic amines is 1. The molecule has 0 saturated carbocycles. The molecule has 1 atom stereocenters. The molecule has 2 heterocycles. The van der Waals surface area contributed by atoms with Gasteiger partial charge in [-0.25, -0.2) is 0 Å². The first-order chi connectivity index (χ1) is 14.6. The van der Waals surface area contributed by atoms with Crippen LogP contribution in [0, 0.1) is 0 Å². The minimum Gasteiger partial charge on any atom is -0.504 e. The van der Waals surface area contributed by atoms with Crippen molar-refractivity contribution in [2.45, 2.75) is 45.0 Å². The summed E-state index contributed by atoms with van der Waals surface area (Å²) in [5.74, 6) is -0.535. The smallest absolute Gasteiger partial charge is 0.195 e. The highest BCUT2D eigenvalue weighted by Crippen LogP contribution is 2.47. The molecule has 0 bridgehead atoms. The van der Waals surface area contributed by atoms with E-state index in [9.17, 15) is 9.90 Å². The molecule has 1 aromatic heterocycles. The van der Waals surface area contributed by atoms with Gasteiger partial charge in [0.25, 0.3) is 0 Å². The maximum atomic E-state index is 13.4. The molecule has 0 radical (unpaired) electrons. The Balaban J connectivity index is 1.54. The lowest BCUT2D eigenvalue weighted by Crippen LogP contribution is -2.30. The number of nitrogens with one attached hydrogen (secondary N) is 1. The molecule has 0 spiro atoms. The van der Waals surface area contributed by atoms with Crippen LogP contribution in [0.1, 0.15) is 54.9 Å². The Hall–Kier alpha value is -2.54. The zero-order valence-corrected chi connectivity index (χ0v) is 18.6. The highest BCUT2D eigenvalue weighted by molar-refractivity contribution is 6.31. The van der Waals surface area contributed by atoms with E-state index in [1.54, 1.807) is 12.1 Å². The standard InChI is InChI=1S/C24H24ClNO5/c1-23(2)16-9-19(29-10-13-11-30-24(3,4)31-13)18(27)8-15(16)21(28)20-14-6-5-12(25)7-17(14)26-22(20)23/h5-9,13,26-27H,10-11H2,1-4H3. The number of ether oxygens (including phenoxy) is 3. The topological polar surface area (TPSA) is 80.8 Å². The fourth-order valence-corrected chi connectivity index (χ4v) is 4.73. The molecule has 1 aliphatic heterocycles. The molecule has 2 aromatic carbocycles. The minimum atomic E-state index is -0.644. The monoisotopic (exact) mass is 441 g/mol. The number of H-pyrrole nitrogens is 1. The molecule has 1 saturated heterocycles. The molecule has 2 N–H and O–H groups in total. The van der Waals surface area contributed by atoms with E-state index in [0.29, 0.717) is 28.5 Å². The predicted molar refractivity (Wildman–Crippen MR) is 117 cm³/mol. The predicted octanol–water partition coefficient (Wildman–Crippen LogP) is 4.93. The number of carbonyl (C=O) groups excluding carboxylic acids is 1. The lowest BCUT2D eigenvalue weighted by molar-refractivity contribution is -0.141. The average molecular weight is 442 g/mol. The minimum absolute atomic E-state index is 0.0765. The van der Waals surface area contributed by atoms with Gasteiger partial charge in [-0.3, -0.25) is 4.79 Å². The van der Waals surface area contributed by atoms with Crippen molar-refractivity contribution in [1.82, 2.24) is 4.98 Å². The molecule has 0 amide bonds. The average Bonchev–Trinajstić information content (AvgIpc) is 3.25. The highest BCUT2D eigenvalue weighted by atomic mass is 35.5. The van der Waals surface area contributed by atoms with E-state index < -0.39 is 11.2 Å². The maximum absolute atomic E-state index is 13.4. The van der Waals surface area contributed by atoms with Crippen LogP contribution >= 0.6 is 11.6 Å². The normalized spacial score (nSPS) is 21.2. The Bertz CT molecular complexity index is 1230. The highest BCUT2D eigenvalue weighted by Gasteiger charge is 2.41. The van der Waals surface area contributed by atoms with Gasteiger partial charge in [0.2, 0.25) is 0 Å². The van der Waals surface area contributed by atoms with Crippen LogP contribution < -0.4 is 4.74 Å². The molecule has 1 unspecified atom stereocenters. The molecule has 1 aliphatic carbocycles. The van der Waals surface area contributed by atoms with Crippen molar-refractivity contribution >= 4 is 28.3 Å². The van der Waals surface area contributed by atoms with Gasteiger partial charge in [-0.15, -0.1) is 0 Å². The van der Waals surface area contributed by atoms with Gasteiger partial charge in [0.1, 0.15) is 12.7 Å². The first-order valence-corrected chi connectivity index (χ1v) is 10.6. The number of aromatic hydroxyl groups is 1. The van der Waals surface area contributed by atoms with Crippen molar-refractivity contribution in [1.29, 1.82) is 0 Å². The van der Waals surface area contributed by atoms with Crippen LogP contribution in [0.4, 0.5) is 0 Å². The Kier molecular flexibility index (Phi) is 4.42. The Labute approximate surface area is 185 Å². The second kappa shape index (κ2) is 6.73. The van der Waals surface area contributed by atoms with Gasteiger partial charge in [0.15, 0.2) is 23.1 Å². The van der Waals surface area contributed by atoms with E-state index in [4.69, 9.17) is 25.8 Å². The van der Waals surface area contributed by atoms with Gasteiger partial charge in [0, 0.05) is 32.6 Å².